The van der Waals surface area contributed by atoms with Gasteiger partial charge in [-0.15, -0.1) is 0 Å². The summed E-state index contributed by atoms with van der Waals surface area (Å²) in [5.74, 6) is 0.125. The first kappa shape index (κ1) is 16.5. The summed E-state index contributed by atoms with van der Waals surface area (Å²) >= 11 is 0. The van der Waals surface area contributed by atoms with Crippen molar-refractivity contribution in [2.45, 2.75) is 63.4 Å². The molecular weight excluding hydrogens is 294 g/mol. The molecule has 2 heterocycles. The van der Waals surface area contributed by atoms with Crippen LogP contribution in [0.15, 0.2) is 0 Å². The molecule has 3 rings (SSSR count). The number of aromatic amines is 1. The Morgan fingerprint density at radius 1 is 1.22 bits per heavy atom. The number of carbonyl (C=O) groups is 1. The summed E-state index contributed by atoms with van der Waals surface area (Å²) in [5, 5.41) is 27.0. The van der Waals surface area contributed by atoms with Crippen molar-refractivity contribution in [3.05, 3.63) is 17.0 Å². The van der Waals surface area contributed by atoms with Crippen LogP contribution in [0, 0.1) is 0 Å². The minimum absolute atomic E-state index is 0.125. The van der Waals surface area contributed by atoms with Gasteiger partial charge in [0.25, 0.3) is 0 Å². The van der Waals surface area contributed by atoms with E-state index in [9.17, 15) is 15.0 Å². The Hall–Kier alpha value is -1.40. The molecule has 128 valence electrons. The second kappa shape index (κ2) is 7.01. The number of nitrogens with one attached hydrogen (secondary N) is 1. The number of aromatic nitrogens is 2. The fourth-order valence-corrected chi connectivity index (χ4v) is 3.73. The summed E-state index contributed by atoms with van der Waals surface area (Å²) < 4.78 is 0. The monoisotopic (exact) mass is 321 g/mol. The number of amides is 1. The number of nitrogens with zero attached hydrogens (tertiary/aromatic N) is 2. The molecule has 1 aliphatic carbocycles. The topological polar surface area (TPSA) is 89.5 Å². The van der Waals surface area contributed by atoms with Gasteiger partial charge in [-0.1, -0.05) is 0 Å². The highest BCUT2D eigenvalue weighted by Crippen LogP contribution is 2.24. The minimum Gasteiger partial charge on any atom is -0.393 e. The number of hydrogen-bond donors (Lipinski definition) is 3. The highest BCUT2D eigenvalue weighted by atomic mass is 16.3. The van der Waals surface area contributed by atoms with Crippen LogP contribution in [0.5, 0.6) is 0 Å². The largest absolute Gasteiger partial charge is 0.393 e. The summed E-state index contributed by atoms with van der Waals surface area (Å²) in [6.07, 6.45) is 7.47. The van der Waals surface area contributed by atoms with E-state index in [1.807, 2.05) is 4.90 Å². The van der Waals surface area contributed by atoms with Crippen molar-refractivity contribution < 1.29 is 15.0 Å². The first-order valence-electron chi connectivity index (χ1n) is 8.77. The molecule has 3 N–H and O–H groups in total. The van der Waals surface area contributed by atoms with E-state index in [2.05, 4.69) is 10.2 Å². The average molecular weight is 321 g/mol. The van der Waals surface area contributed by atoms with Gasteiger partial charge in [-0.25, -0.2) is 0 Å². The number of rotatable bonds is 4. The number of H-pyrrole nitrogens is 1. The van der Waals surface area contributed by atoms with E-state index in [1.54, 1.807) is 0 Å². The van der Waals surface area contributed by atoms with Gasteiger partial charge in [-0.2, -0.15) is 5.10 Å². The minimum atomic E-state index is -1.02. The van der Waals surface area contributed by atoms with Crippen molar-refractivity contribution in [1.82, 2.24) is 15.1 Å². The molecule has 1 atom stereocenters. The summed E-state index contributed by atoms with van der Waals surface area (Å²) in [5.41, 5.74) is 2.61. The van der Waals surface area contributed by atoms with Crippen LogP contribution in [0.4, 0.5) is 0 Å². The number of aliphatic hydroxyl groups is 2. The third kappa shape index (κ3) is 3.75. The van der Waals surface area contributed by atoms with E-state index in [0.717, 1.165) is 25.0 Å². The molecule has 1 aliphatic heterocycles. The highest BCUT2D eigenvalue weighted by molar-refractivity contribution is 5.76. The number of aryl methyl sites for hydroxylation is 2. The van der Waals surface area contributed by atoms with Crippen LogP contribution < -0.4 is 0 Å². The Labute approximate surface area is 136 Å². The second-order valence-electron chi connectivity index (χ2n) is 6.95. The van der Waals surface area contributed by atoms with Crippen molar-refractivity contribution >= 4 is 5.91 Å². The van der Waals surface area contributed by atoms with Crippen molar-refractivity contribution in [3.8, 4) is 0 Å². The lowest BCUT2D eigenvalue weighted by molar-refractivity contribution is -0.131. The summed E-state index contributed by atoms with van der Waals surface area (Å²) in [7, 11) is 0. The quantitative estimate of drug-likeness (QED) is 0.770. The van der Waals surface area contributed by atoms with E-state index in [-0.39, 0.29) is 12.5 Å². The zero-order valence-electron chi connectivity index (χ0n) is 13.7. The van der Waals surface area contributed by atoms with E-state index in [4.69, 9.17) is 0 Å². The van der Waals surface area contributed by atoms with Gasteiger partial charge in [0.05, 0.1) is 17.9 Å². The lowest BCUT2D eigenvalue weighted by Gasteiger charge is -2.24. The van der Waals surface area contributed by atoms with Gasteiger partial charge in [-0.3, -0.25) is 9.89 Å². The molecule has 0 saturated carbocycles. The Balaban J connectivity index is 1.54. The Kier molecular flexibility index (Phi) is 5.02. The van der Waals surface area contributed by atoms with Gasteiger partial charge in [0.2, 0.25) is 5.91 Å². The highest BCUT2D eigenvalue weighted by Gasteiger charge is 2.30. The lowest BCUT2D eigenvalue weighted by Crippen LogP contribution is -2.36. The van der Waals surface area contributed by atoms with Crippen molar-refractivity contribution in [3.63, 3.8) is 0 Å². The standard InChI is InChI=1S/C17H27N3O3/c21-12-17(23)8-3-10-20(11-9-17)16(22)7-6-15-13-4-1-2-5-14(13)18-19-15/h21,23H,1-12H2,(H,18,19)/t17-/m0/s1. The molecule has 0 spiro atoms. The van der Waals surface area contributed by atoms with Crippen LogP contribution in [0.2, 0.25) is 0 Å². The van der Waals surface area contributed by atoms with Crippen LogP contribution in [0.3, 0.4) is 0 Å². The third-order valence-corrected chi connectivity index (χ3v) is 5.28. The van der Waals surface area contributed by atoms with Gasteiger partial charge in [-0.05, 0) is 50.5 Å². The maximum Gasteiger partial charge on any atom is 0.222 e. The van der Waals surface area contributed by atoms with Gasteiger partial charge in [0.15, 0.2) is 0 Å². The lowest BCUT2D eigenvalue weighted by atomic mass is 9.94. The average Bonchev–Trinajstić information content (AvgIpc) is 2.88. The van der Waals surface area contributed by atoms with Crippen LogP contribution in [0.1, 0.15) is 55.5 Å². The molecule has 0 bridgehead atoms. The second-order valence-corrected chi connectivity index (χ2v) is 6.95. The molecule has 6 heteroatoms. The molecule has 1 amide bonds. The fourth-order valence-electron chi connectivity index (χ4n) is 3.73. The molecular formula is C17H27N3O3. The fraction of sp³-hybridized carbons (Fsp3) is 0.765. The Morgan fingerprint density at radius 2 is 2.04 bits per heavy atom. The van der Waals surface area contributed by atoms with Gasteiger partial charge in [0.1, 0.15) is 0 Å². The zero-order chi connectivity index (χ0) is 16.3. The molecule has 0 unspecified atom stereocenters. The van der Waals surface area contributed by atoms with E-state index in [1.165, 1.54) is 24.1 Å². The molecule has 1 aromatic heterocycles. The maximum absolute atomic E-state index is 12.5. The predicted octanol–water partition coefficient (Wildman–Crippen LogP) is 0.957. The first-order chi connectivity index (χ1) is 11.1. The summed E-state index contributed by atoms with van der Waals surface area (Å²) in [4.78, 5) is 14.3. The SMILES string of the molecule is O=C(CCc1n[nH]c2c1CCCC2)N1CCC[C@@](O)(CO)CC1. The summed E-state index contributed by atoms with van der Waals surface area (Å²) in [6, 6.07) is 0. The van der Waals surface area contributed by atoms with Crippen molar-refractivity contribution in [1.29, 1.82) is 0 Å². The van der Waals surface area contributed by atoms with Gasteiger partial charge in [0, 0.05) is 31.6 Å². The number of fused-ring (bicyclic) bond motifs is 1. The molecule has 0 radical (unpaired) electrons. The molecule has 2 aliphatic rings. The Morgan fingerprint density at radius 3 is 2.87 bits per heavy atom. The van der Waals surface area contributed by atoms with Crippen LogP contribution >= 0.6 is 0 Å². The molecule has 1 fully saturated rings. The number of carbonyl (C=O) groups excluding carboxylic acids is 1. The van der Waals surface area contributed by atoms with Gasteiger partial charge >= 0.3 is 0 Å². The van der Waals surface area contributed by atoms with Gasteiger partial charge < -0.3 is 15.1 Å². The Bertz CT molecular complexity index is 557. The van der Waals surface area contributed by atoms with Crippen LogP contribution in [-0.4, -0.2) is 56.5 Å². The van der Waals surface area contributed by atoms with Crippen molar-refractivity contribution in [2.75, 3.05) is 19.7 Å². The summed E-state index contributed by atoms with van der Waals surface area (Å²) in [6.45, 7) is 0.961. The molecule has 1 saturated heterocycles. The molecule has 6 nitrogen and oxygen atoms in total. The predicted molar refractivity (Wildman–Crippen MR) is 86.0 cm³/mol. The maximum atomic E-state index is 12.5. The zero-order valence-corrected chi connectivity index (χ0v) is 13.7. The number of likely N-dealkylation sites (tertiary alicyclic amines) is 1. The van der Waals surface area contributed by atoms with Crippen LogP contribution in [-0.2, 0) is 24.1 Å². The first-order valence-corrected chi connectivity index (χ1v) is 8.77. The van der Waals surface area contributed by atoms with E-state index in [0.29, 0.717) is 38.8 Å². The number of aliphatic hydroxyl groups excluding tert-OH is 1. The van der Waals surface area contributed by atoms with E-state index < -0.39 is 5.60 Å². The molecule has 1 aromatic rings. The molecule has 23 heavy (non-hydrogen) atoms. The smallest absolute Gasteiger partial charge is 0.222 e. The molecule has 0 aromatic carbocycles. The third-order valence-electron chi connectivity index (χ3n) is 5.28. The van der Waals surface area contributed by atoms with E-state index >= 15 is 0 Å². The van der Waals surface area contributed by atoms with Crippen molar-refractivity contribution in [2.24, 2.45) is 0 Å². The normalized spacial score (nSPS) is 25.0. The number of hydrogen-bond acceptors (Lipinski definition) is 4. The van der Waals surface area contributed by atoms with Crippen LogP contribution in [0.25, 0.3) is 0 Å².